The third kappa shape index (κ3) is 45.2. The second kappa shape index (κ2) is 47.6. The van der Waals surface area contributed by atoms with Crippen molar-refractivity contribution < 1.29 is 38.2 Å². The number of likely N-dealkylation sites (N-methyl/N-ethyl adjacent to an activating group) is 1. The highest BCUT2D eigenvalue weighted by atomic mass is 16.6. The van der Waals surface area contributed by atoms with E-state index in [1.54, 1.807) is 0 Å². The predicted octanol–water partition coefficient (Wildman–Crippen LogP) is 14.9. The highest BCUT2D eigenvalue weighted by Crippen LogP contribution is 2.17. The van der Waals surface area contributed by atoms with Gasteiger partial charge in [-0.3, -0.25) is 9.59 Å². The molecule has 0 amide bonds. The van der Waals surface area contributed by atoms with Crippen LogP contribution in [0.2, 0.25) is 0 Å². The topological polar surface area (TPSA) is 102 Å². The molecule has 0 aliphatic heterocycles. The third-order valence-corrected chi connectivity index (χ3v) is 12.9. The van der Waals surface area contributed by atoms with Gasteiger partial charge < -0.3 is 28.6 Å². The number of ether oxygens (including phenoxy) is 3. The molecule has 0 aromatic carbocycles. The van der Waals surface area contributed by atoms with Crippen LogP contribution in [0.4, 0.5) is 0 Å². The molecule has 2 atom stereocenters. The van der Waals surface area contributed by atoms with Crippen molar-refractivity contribution in [2.45, 2.75) is 289 Å². The van der Waals surface area contributed by atoms with Crippen LogP contribution in [0.1, 0.15) is 277 Å². The molecule has 0 aliphatic carbocycles. The lowest BCUT2D eigenvalue weighted by Gasteiger charge is -2.34. The van der Waals surface area contributed by atoms with Gasteiger partial charge in [0.05, 0.1) is 40.3 Å². The van der Waals surface area contributed by atoms with Crippen molar-refractivity contribution in [3.63, 3.8) is 0 Å². The minimum absolute atomic E-state index is 0.0464. The molecule has 8 heteroatoms. The van der Waals surface area contributed by atoms with Gasteiger partial charge in [-0.05, 0) is 38.5 Å². The Morgan fingerprint density at radius 2 is 0.781 bits per heavy atom. The van der Waals surface area contributed by atoms with Crippen molar-refractivity contribution in [3.8, 4) is 0 Å². The Balaban J connectivity index is 4.15. The second-order valence-electron chi connectivity index (χ2n) is 20.2. The maximum absolute atomic E-state index is 12.8. The monoisotopic (exact) mass is 906 g/mol. The first-order chi connectivity index (χ1) is 31.1. The Morgan fingerprint density at radius 1 is 0.453 bits per heavy atom. The van der Waals surface area contributed by atoms with Crippen LogP contribution < -0.4 is 5.11 Å². The first-order valence-corrected chi connectivity index (χ1v) is 27.7. The summed E-state index contributed by atoms with van der Waals surface area (Å²) in [5.74, 6) is -1.71. The van der Waals surface area contributed by atoms with E-state index in [2.05, 4.69) is 26.0 Å². The number of esters is 2. The number of carbonyl (C=O) groups excluding carboxylic acids is 3. The molecule has 0 N–H and O–H groups in total. The van der Waals surface area contributed by atoms with Gasteiger partial charge in [0.25, 0.3) is 0 Å². The highest BCUT2D eigenvalue weighted by molar-refractivity contribution is 5.70. The molecular weight excluding hydrogens is 799 g/mol. The third-order valence-electron chi connectivity index (χ3n) is 12.9. The van der Waals surface area contributed by atoms with Crippen molar-refractivity contribution in [1.29, 1.82) is 0 Å². The van der Waals surface area contributed by atoms with E-state index in [0.29, 0.717) is 12.8 Å². The molecule has 0 fully saturated rings. The van der Waals surface area contributed by atoms with Gasteiger partial charge in [0.1, 0.15) is 12.6 Å². The van der Waals surface area contributed by atoms with Crippen LogP contribution >= 0.6 is 0 Å². The largest absolute Gasteiger partial charge is 0.544 e. The zero-order valence-corrected chi connectivity index (χ0v) is 43.2. The summed E-state index contributed by atoms with van der Waals surface area (Å²) >= 11 is 0. The number of hydrogen-bond donors (Lipinski definition) is 0. The number of rotatable bonds is 51. The quantitative estimate of drug-likeness (QED) is 0.0259. The highest BCUT2D eigenvalue weighted by Gasteiger charge is 2.25. The summed E-state index contributed by atoms with van der Waals surface area (Å²) in [6, 6.07) is -0.723. The zero-order valence-electron chi connectivity index (χ0n) is 43.2. The number of allylic oxidation sites excluding steroid dienone is 2. The molecule has 8 nitrogen and oxygen atoms in total. The SMILES string of the molecule is CCCCCCCC/C=C\CCCCCCCCCCCC(=O)OC(COCCC(C(=O)[O-])[N+](C)(C)C)COC(=O)CCCCCCCCCCCCCCCCCCCCCCC. The maximum atomic E-state index is 12.8. The number of carboxylic acid groups (broad SMARTS) is 1. The average Bonchev–Trinajstić information content (AvgIpc) is 3.26. The Morgan fingerprint density at radius 3 is 1.12 bits per heavy atom. The molecule has 64 heavy (non-hydrogen) atoms. The van der Waals surface area contributed by atoms with Gasteiger partial charge in [-0.15, -0.1) is 0 Å². The second-order valence-corrected chi connectivity index (χ2v) is 20.2. The molecule has 0 heterocycles. The first kappa shape index (κ1) is 62.1. The molecule has 0 bridgehead atoms. The fraction of sp³-hybridized carbons (Fsp3) is 0.911. The zero-order chi connectivity index (χ0) is 47.0. The minimum Gasteiger partial charge on any atom is -0.544 e. The van der Waals surface area contributed by atoms with Gasteiger partial charge in [-0.1, -0.05) is 231 Å². The van der Waals surface area contributed by atoms with Gasteiger partial charge in [0.2, 0.25) is 0 Å². The number of quaternary nitrogens is 1. The summed E-state index contributed by atoms with van der Waals surface area (Å²) in [7, 11) is 5.43. The van der Waals surface area contributed by atoms with Crippen LogP contribution in [0.15, 0.2) is 12.2 Å². The summed E-state index contributed by atoms with van der Waals surface area (Å²) in [6.45, 7) is 4.72. The summed E-state index contributed by atoms with van der Waals surface area (Å²) < 4.78 is 17.3. The Bertz CT molecular complexity index is 1060. The van der Waals surface area contributed by atoms with Crippen LogP contribution in [-0.2, 0) is 28.6 Å². The van der Waals surface area contributed by atoms with E-state index in [0.717, 1.165) is 38.5 Å². The molecule has 0 rings (SSSR count). The lowest BCUT2D eigenvalue weighted by molar-refractivity contribution is -0.889. The molecule has 0 aliphatic rings. The van der Waals surface area contributed by atoms with Crippen LogP contribution in [0.25, 0.3) is 0 Å². The normalized spacial score (nSPS) is 12.8. The minimum atomic E-state index is -1.12. The molecule has 0 spiro atoms. The van der Waals surface area contributed by atoms with Crippen LogP contribution in [0.5, 0.6) is 0 Å². The smallest absolute Gasteiger partial charge is 0.306 e. The van der Waals surface area contributed by atoms with Crippen LogP contribution in [0.3, 0.4) is 0 Å². The lowest BCUT2D eigenvalue weighted by atomic mass is 10.0. The van der Waals surface area contributed by atoms with Crippen molar-refractivity contribution in [1.82, 2.24) is 0 Å². The van der Waals surface area contributed by atoms with E-state index < -0.39 is 18.1 Å². The van der Waals surface area contributed by atoms with Gasteiger partial charge in [0.15, 0.2) is 6.10 Å². The van der Waals surface area contributed by atoms with Crippen molar-refractivity contribution in [3.05, 3.63) is 12.2 Å². The molecule has 0 aromatic rings. The van der Waals surface area contributed by atoms with E-state index in [1.165, 1.54) is 205 Å². The molecule has 0 aromatic heterocycles. The van der Waals surface area contributed by atoms with Gasteiger partial charge in [0, 0.05) is 19.3 Å². The van der Waals surface area contributed by atoms with E-state index in [-0.39, 0.29) is 42.7 Å². The van der Waals surface area contributed by atoms with Crippen molar-refractivity contribution >= 4 is 17.9 Å². The standard InChI is InChI=1S/C56H107NO7/c1-6-8-10-12-14-16-18-20-22-24-26-27-29-30-32-34-36-38-40-42-44-46-54(58)63-51-52(50-62-49-48-53(56(60)61)57(3,4)5)64-55(59)47-45-43-41-39-37-35-33-31-28-25-23-21-19-17-15-13-11-9-7-2/h21,23,52-53H,6-20,22,24-51H2,1-5H3/b23-21-. The molecular formula is C56H107NO7. The Hall–Kier alpha value is -1.93. The van der Waals surface area contributed by atoms with Crippen LogP contribution in [-0.4, -0.2) is 75.5 Å². The molecule has 378 valence electrons. The summed E-state index contributed by atoms with van der Waals surface area (Å²) in [5, 5.41) is 11.7. The Labute approximate surface area is 397 Å². The maximum Gasteiger partial charge on any atom is 0.306 e. The fourth-order valence-electron chi connectivity index (χ4n) is 8.60. The number of carbonyl (C=O) groups is 3. The van der Waals surface area contributed by atoms with E-state index in [1.807, 2.05) is 21.1 Å². The summed E-state index contributed by atoms with van der Waals surface area (Å²) in [5.41, 5.74) is 0. The summed E-state index contributed by atoms with van der Waals surface area (Å²) in [4.78, 5) is 37.1. The van der Waals surface area contributed by atoms with Gasteiger partial charge in [-0.2, -0.15) is 0 Å². The summed E-state index contributed by atoms with van der Waals surface area (Å²) in [6.07, 6.45) is 53.9. The van der Waals surface area contributed by atoms with E-state index in [4.69, 9.17) is 14.2 Å². The predicted molar refractivity (Wildman–Crippen MR) is 268 cm³/mol. The molecule has 0 radical (unpaired) electrons. The average molecular weight is 906 g/mol. The number of aliphatic carboxylic acids is 1. The molecule has 2 unspecified atom stereocenters. The first-order valence-electron chi connectivity index (χ1n) is 27.7. The fourth-order valence-corrected chi connectivity index (χ4v) is 8.60. The number of nitrogens with zero attached hydrogens (tertiary/aromatic N) is 1. The van der Waals surface area contributed by atoms with Crippen molar-refractivity contribution in [2.24, 2.45) is 0 Å². The van der Waals surface area contributed by atoms with Crippen molar-refractivity contribution in [2.75, 3.05) is 41.0 Å². The number of unbranched alkanes of at least 4 members (excludes halogenated alkanes) is 35. The van der Waals surface area contributed by atoms with Gasteiger partial charge in [-0.25, -0.2) is 0 Å². The Kier molecular flexibility index (Phi) is 46.1. The number of carboxylic acids is 1. The van der Waals surface area contributed by atoms with Gasteiger partial charge >= 0.3 is 11.9 Å². The van der Waals surface area contributed by atoms with Crippen LogP contribution in [0, 0.1) is 0 Å². The van der Waals surface area contributed by atoms with E-state index >= 15 is 0 Å². The van der Waals surface area contributed by atoms with E-state index in [9.17, 15) is 19.5 Å². The molecule has 0 saturated carbocycles. The molecule has 0 saturated heterocycles. The lowest BCUT2D eigenvalue weighted by Crippen LogP contribution is -2.55. The number of hydrogen-bond acceptors (Lipinski definition) is 7.